The number of halogens is 1. The van der Waals surface area contributed by atoms with E-state index in [4.69, 9.17) is 16.3 Å². The van der Waals surface area contributed by atoms with Crippen LogP contribution in [0.2, 0.25) is 5.02 Å². The van der Waals surface area contributed by atoms with Crippen molar-refractivity contribution >= 4 is 29.1 Å². The number of carbonyl (C=O) groups excluding carboxylic acids is 2. The summed E-state index contributed by atoms with van der Waals surface area (Å²) in [7, 11) is 1.65. The van der Waals surface area contributed by atoms with Crippen molar-refractivity contribution < 1.29 is 14.3 Å². The normalized spacial score (nSPS) is 19.2. The second kappa shape index (κ2) is 6.41. The van der Waals surface area contributed by atoms with E-state index >= 15 is 0 Å². The van der Waals surface area contributed by atoms with Crippen LogP contribution in [-0.4, -0.2) is 24.5 Å². The van der Waals surface area contributed by atoms with Gasteiger partial charge < -0.3 is 15.0 Å². The molecule has 0 radical (unpaired) electrons. The van der Waals surface area contributed by atoms with Gasteiger partial charge in [0.1, 0.15) is 5.75 Å². The zero-order valence-electron chi connectivity index (χ0n) is 14.3. The third-order valence-electron chi connectivity index (χ3n) is 4.30. The lowest BCUT2D eigenvalue weighted by molar-refractivity contribution is -0.148. The Morgan fingerprint density at radius 2 is 1.92 bits per heavy atom. The zero-order valence-corrected chi connectivity index (χ0v) is 15.1. The van der Waals surface area contributed by atoms with Gasteiger partial charge in [0, 0.05) is 18.6 Å². The molecule has 1 heterocycles. The molecule has 0 aliphatic carbocycles. The molecule has 2 amide bonds. The standard InChI is InChI=1S/C19H19ClN2O3/c1-12-4-9-16-15(10-12)22(3)18(24)19(2,25-16)17(23)21-11-13-5-7-14(20)8-6-13/h4-10H,11H2,1-3H3,(H,21,23). The van der Waals surface area contributed by atoms with Gasteiger partial charge in [0.15, 0.2) is 0 Å². The predicted molar refractivity (Wildman–Crippen MR) is 96.9 cm³/mol. The van der Waals surface area contributed by atoms with E-state index in [9.17, 15) is 9.59 Å². The average Bonchev–Trinajstić information content (AvgIpc) is 2.60. The molecule has 1 atom stereocenters. The number of likely N-dealkylation sites (N-methyl/N-ethyl adjacent to an activating group) is 1. The topological polar surface area (TPSA) is 58.6 Å². The largest absolute Gasteiger partial charge is 0.466 e. The summed E-state index contributed by atoms with van der Waals surface area (Å²) in [6.07, 6.45) is 0. The number of nitrogens with zero attached hydrogens (tertiary/aromatic N) is 1. The number of benzene rings is 2. The predicted octanol–water partition coefficient (Wildman–Crippen LogP) is 3.08. The van der Waals surface area contributed by atoms with Crippen molar-refractivity contribution in [2.24, 2.45) is 0 Å². The van der Waals surface area contributed by atoms with Gasteiger partial charge in [0.2, 0.25) is 0 Å². The first-order chi connectivity index (χ1) is 11.8. The summed E-state index contributed by atoms with van der Waals surface area (Å²) in [5.74, 6) is -0.374. The highest BCUT2D eigenvalue weighted by Gasteiger charge is 2.49. The van der Waals surface area contributed by atoms with E-state index in [1.807, 2.05) is 31.2 Å². The van der Waals surface area contributed by atoms with Crippen LogP contribution < -0.4 is 15.0 Å². The molecule has 0 spiro atoms. The first kappa shape index (κ1) is 17.3. The molecular formula is C19H19ClN2O3. The second-order valence-corrected chi connectivity index (χ2v) is 6.72. The summed E-state index contributed by atoms with van der Waals surface area (Å²) in [4.78, 5) is 26.9. The Morgan fingerprint density at radius 1 is 1.24 bits per heavy atom. The molecule has 1 unspecified atom stereocenters. The maximum Gasteiger partial charge on any atom is 0.280 e. The first-order valence-corrected chi connectivity index (χ1v) is 8.29. The number of amides is 2. The van der Waals surface area contributed by atoms with Crippen LogP contribution >= 0.6 is 11.6 Å². The van der Waals surface area contributed by atoms with E-state index in [-0.39, 0.29) is 6.54 Å². The SMILES string of the molecule is Cc1ccc2c(c1)N(C)C(=O)C(C)(C(=O)NCc1ccc(Cl)cc1)O2. The minimum Gasteiger partial charge on any atom is -0.466 e. The summed E-state index contributed by atoms with van der Waals surface area (Å²) >= 11 is 5.85. The Morgan fingerprint density at radius 3 is 2.60 bits per heavy atom. The summed E-state index contributed by atoms with van der Waals surface area (Å²) < 4.78 is 5.80. The van der Waals surface area contributed by atoms with E-state index in [0.717, 1.165) is 11.1 Å². The average molecular weight is 359 g/mol. The molecular weight excluding hydrogens is 340 g/mol. The molecule has 1 N–H and O–H groups in total. The number of hydrogen-bond donors (Lipinski definition) is 1. The van der Waals surface area contributed by atoms with Crippen LogP contribution in [0.5, 0.6) is 5.75 Å². The van der Waals surface area contributed by atoms with Crippen molar-refractivity contribution in [1.82, 2.24) is 5.32 Å². The van der Waals surface area contributed by atoms with Gasteiger partial charge in [-0.15, -0.1) is 0 Å². The van der Waals surface area contributed by atoms with Crippen LogP contribution in [0.3, 0.4) is 0 Å². The minimum atomic E-state index is -1.61. The lowest BCUT2D eigenvalue weighted by atomic mass is 9.99. The number of fused-ring (bicyclic) bond motifs is 1. The van der Waals surface area contributed by atoms with E-state index in [2.05, 4.69) is 5.32 Å². The van der Waals surface area contributed by atoms with Gasteiger partial charge in [-0.05, 0) is 49.2 Å². The molecule has 3 rings (SSSR count). The monoisotopic (exact) mass is 358 g/mol. The van der Waals surface area contributed by atoms with Crippen LogP contribution in [-0.2, 0) is 16.1 Å². The quantitative estimate of drug-likeness (QED) is 0.858. The van der Waals surface area contributed by atoms with E-state index in [0.29, 0.717) is 16.5 Å². The molecule has 130 valence electrons. The van der Waals surface area contributed by atoms with Gasteiger partial charge in [0.25, 0.3) is 17.4 Å². The summed E-state index contributed by atoms with van der Waals surface area (Å²) in [6, 6.07) is 12.7. The van der Waals surface area contributed by atoms with Crippen molar-refractivity contribution in [1.29, 1.82) is 0 Å². The lowest BCUT2D eigenvalue weighted by Crippen LogP contribution is -2.61. The molecule has 25 heavy (non-hydrogen) atoms. The Balaban J connectivity index is 1.80. The van der Waals surface area contributed by atoms with Gasteiger partial charge in [-0.2, -0.15) is 0 Å². The molecule has 5 nitrogen and oxygen atoms in total. The van der Waals surface area contributed by atoms with Gasteiger partial charge >= 0.3 is 0 Å². The van der Waals surface area contributed by atoms with Crippen LogP contribution in [0.4, 0.5) is 5.69 Å². The number of carbonyl (C=O) groups is 2. The summed E-state index contributed by atoms with van der Waals surface area (Å²) in [5.41, 5.74) is 0.948. The van der Waals surface area contributed by atoms with E-state index < -0.39 is 17.4 Å². The molecule has 2 aromatic rings. The third-order valence-corrected chi connectivity index (χ3v) is 4.55. The maximum atomic E-state index is 12.7. The highest BCUT2D eigenvalue weighted by Crippen LogP contribution is 2.37. The fourth-order valence-electron chi connectivity index (χ4n) is 2.77. The fraction of sp³-hybridized carbons (Fsp3) is 0.263. The van der Waals surface area contributed by atoms with Crippen LogP contribution in [0.15, 0.2) is 42.5 Å². The first-order valence-electron chi connectivity index (χ1n) is 7.92. The highest BCUT2D eigenvalue weighted by atomic mass is 35.5. The van der Waals surface area contributed by atoms with Crippen molar-refractivity contribution in [2.45, 2.75) is 26.0 Å². The molecule has 0 fully saturated rings. The van der Waals surface area contributed by atoms with Crippen molar-refractivity contribution in [3.05, 3.63) is 58.6 Å². The van der Waals surface area contributed by atoms with Crippen molar-refractivity contribution in [3.63, 3.8) is 0 Å². The molecule has 2 aromatic carbocycles. The van der Waals surface area contributed by atoms with Gasteiger partial charge in [-0.3, -0.25) is 9.59 Å². The van der Waals surface area contributed by atoms with Gasteiger partial charge in [-0.1, -0.05) is 29.8 Å². The number of hydrogen-bond acceptors (Lipinski definition) is 3. The number of rotatable bonds is 3. The van der Waals surface area contributed by atoms with Crippen molar-refractivity contribution in [2.75, 3.05) is 11.9 Å². The maximum absolute atomic E-state index is 12.7. The molecule has 0 saturated carbocycles. The number of nitrogens with one attached hydrogen (secondary N) is 1. The Kier molecular flexibility index (Phi) is 4.43. The molecule has 0 saturated heterocycles. The molecule has 0 aromatic heterocycles. The molecule has 6 heteroatoms. The smallest absolute Gasteiger partial charge is 0.280 e. The fourth-order valence-corrected chi connectivity index (χ4v) is 2.89. The van der Waals surface area contributed by atoms with E-state index in [1.54, 1.807) is 25.2 Å². The highest BCUT2D eigenvalue weighted by molar-refractivity contribution is 6.30. The second-order valence-electron chi connectivity index (χ2n) is 6.28. The van der Waals surface area contributed by atoms with Gasteiger partial charge in [-0.25, -0.2) is 0 Å². The summed E-state index contributed by atoms with van der Waals surface area (Å²) in [6.45, 7) is 3.71. The number of aryl methyl sites for hydroxylation is 1. The Labute approximate surface area is 151 Å². The number of ether oxygens (including phenoxy) is 1. The summed E-state index contributed by atoms with van der Waals surface area (Å²) in [5, 5.41) is 3.39. The molecule has 0 bridgehead atoms. The zero-order chi connectivity index (χ0) is 18.2. The van der Waals surface area contributed by atoms with Gasteiger partial charge in [0.05, 0.1) is 5.69 Å². The van der Waals surface area contributed by atoms with Crippen LogP contribution in [0.1, 0.15) is 18.1 Å². The molecule has 1 aliphatic rings. The van der Waals surface area contributed by atoms with E-state index in [1.165, 1.54) is 11.8 Å². The minimum absolute atomic E-state index is 0.284. The Bertz CT molecular complexity index is 835. The lowest BCUT2D eigenvalue weighted by Gasteiger charge is -2.38. The molecule has 1 aliphatic heterocycles. The Hall–Kier alpha value is -2.53. The van der Waals surface area contributed by atoms with Crippen LogP contribution in [0, 0.1) is 6.92 Å². The number of anilines is 1. The third kappa shape index (κ3) is 3.20. The van der Waals surface area contributed by atoms with Crippen LogP contribution in [0.25, 0.3) is 0 Å². The van der Waals surface area contributed by atoms with Crippen molar-refractivity contribution in [3.8, 4) is 5.75 Å².